The number of fused-ring (bicyclic) bond motifs is 1. The number of anilines is 1. The normalized spacial score (nSPS) is 19.4. The maximum absolute atomic E-state index is 13.0. The molecule has 2 aliphatic rings. The molecule has 0 bridgehead atoms. The molecule has 0 aliphatic carbocycles. The van der Waals surface area contributed by atoms with Gasteiger partial charge in [0, 0.05) is 33.2 Å². The van der Waals surface area contributed by atoms with Crippen LogP contribution in [0.3, 0.4) is 0 Å². The van der Waals surface area contributed by atoms with Crippen molar-refractivity contribution in [1.82, 2.24) is 9.80 Å². The molecule has 2 heterocycles. The van der Waals surface area contributed by atoms with Gasteiger partial charge in [-0.05, 0) is 30.0 Å². The number of carbonyl (C=O) groups excluding carboxylic acids is 1. The van der Waals surface area contributed by atoms with Crippen molar-refractivity contribution in [3.63, 3.8) is 0 Å². The Kier molecular flexibility index (Phi) is 6.02. The van der Waals surface area contributed by atoms with Crippen LogP contribution in [0.5, 0.6) is 5.75 Å². The number of benzene rings is 2. The monoisotopic (exact) mass is 395 g/mol. The van der Waals surface area contributed by atoms with E-state index in [1.54, 1.807) is 4.90 Å². The summed E-state index contributed by atoms with van der Waals surface area (Å²) in [5, 5.41) is 13.2. The first-order chi connectivity index (χ1) is 14.1. The predicted octanol–water partition coefficient (Wildman–Crippen LogP) is 2.30. The lowest BCUT2D eigenvalue weighted by Crippen LogP contribution is -2.40. The van der Waals surface area contributed by atoms with Gasteiger partial charge >= 0.3 is 0 Å². The number of ether oxygens (including phenoxy) is 1. The summed E-state index contributed by atoms with van der Waals surface area (Å²) in [5.74, 6) is 0.676. The summed E-state index contributed by atoms with van der Waals surface area (Å²) >= 11 is 0. The summed E-state index contributed by atoms with van der Waals surface area (Å²) in [7, 11) is 1.84. The zero-order valence-corrected chi connectivity index (χ0v) is 16.9. The smallest absolute Gasteiger partial charge is 0.260 e. The van der Waals surface area contributed by atoms with E-state index in [9.17, 15) is 9.90 Å². The van der Waals surface area contributed by atoms with Crippen LogP contribution in [0.15, 0.2) is 48.5 Å². The van der Waals surface area contributed by atoms with Crippen LogP contribution in [-0.4, -0.2) is 66.8 Å². The molecule has 2 aromatic rings. The number of amides is 1. The molecule has 2 aliphatic heterocycles. The van der Waals surface area contributed by atoms with Crippen LogP contribution < -0.4 is 10.1 Å². The lowest BCUT2D eigenvalue weighted by Gasteiger charge is -2.32. The Hall–Kier alpha value is -2.57. The average Bonchev–Trinajstić information content (AvgIpc) is 3.39. The standard InChI is InChI=1S/C23H29N3O3/c1-25(22(28)16-29-21-9-5-8-18-10-12-24-23(18)21)20(17-6-3-2-4-7-17)15-26-13-11-19(27)14-26/h2-9,19-20,24,27H,10-16H2,1H3/t19-,20+/m0/s1. The zero-order chi connectivity index (χ0) is 20.2. The van der Waals surface area contributed by atoms with Crippen molar-refractivity contribution in [3.8, 4) is 5.75 Å². The number of likely N-dealkylation sites (N-methyl/N-ethyl adjacent to an activating group) is 1. The molecule has 29 heavy (non-hydrogen) atoms. The van der Waals surface area contributed by atoms with E-state index in [4.69, 9.17) is 4.74 Å². The summed E-state index contributed by atoms with van der Waals surface area (Å²) in [5.41, 5.74) is 3.33. The largest absolute Gasteiger partial charge is 0.482 e. The SMILES string of the molecule is CN(C(=O)COc1cccc2c1NCC2)[C@H](CN1CC[C@H](O)C1)c1ccccc1. The molecule has 154 valence electrons. The Morgan fingerprint density at radius 1 is 1.28 bits per heavy atom. The van der Waals surface area contributed by atoms with E-state index >= 15 is 0 Å². The summed E-state index contributed by atoms with van der Waals surface area (Å²) in [4.78, 5) is 17.0. The molecule has 1 fully saturated rings. The van der Waals surface area contributed by atoms with E-state index < -0.39 is 0 Å². The predicted molar refractivity (Wildman–Crippen MR) is 113 cm³/mol. The number of nitrogens with one attached hydrogen (secondary N) is 1. The third kappa shape index (κ3) is 4.54. The number of aliphatic hydroxyl groups is 1. The van der Waals surface area contributed by atoms with Crippen molar-refractivity contribution in [2.45, 2.75) is 25.0 Å². The van der Waals surface area contributed by atoms with Crippen LogP contribution in [0, 0.1) is 0 Å². The van der Waals surface area contributed by atoms with Gasteiger partial charge in [0.05, 0.1) is 17.8 Å². The third-order valence-corrected chi connectivity index (χ3v) is 5.88. The second-order valence-corrected chi connectivity index (χ2v) is 7.89. The molecule has 4 rings (SSSR count). The Labute approximate surface area is 172 Å². The molecular formula is C23H29N3O3. The van der Waals surface area contributed by atoms with Crippen LogP contribution in [0.1, 0.15) is 23.6 Å². The second kappa shape index (κ2) is 8.84. The molecule has 2 atom stereocenters. The van der Waals surface area contributed by atoms with Crippen LogP contribution >= 0.6 is 0 Å². The van der Waals surface area contributed by atoms with E-state index in [2.05, 4.69) is 28.4 Å². The van der Waals surface area contributed by atoms with E-state index in [1.807, 2.05) is 37.4 Å². The number of nitrogens with zero attached hydrogens (tertiary/aromatic N) is 2. The number of likely N-dealkylation sites (tertiary alicyclic amines) is 1. The van der Waals surface area contributed by atoms with Gasteiger partial charge in [0.2, 0.25) is 0 Å². The van der Waals surface area contributed by atoms with Crippen molar-refractivity contribution in [2.24, 2.45) is 0 Å². The highest BCUT2D eigenvalue weighted by atomic mass is 16.5. The van der Waals surface area contributed by atoms with Crippen LogP contribution in [-0.2, 0) is 11.2 Å². The minimum Gasteiger partial charge on any atom is -0.482 e. The lowest BCUT2D eigenvalue weighted by molar-refractivity contribution is -0.134. The highest BCUT2D eigenvalue weighted by molar-refractivity contribution is 5.78. The van der Waals surface area contributed by atoms with Crippen molar-refractivity contribution in [1.29, 1.82) is 0 Å². The van der Waals surface area contributed by atoms with Crippen molar-refractivity contribution < 1.29 is 14.6 Å². The van der Waals surface area contributed by atoms with Gasteiger partial charge in [0.1, 0.15) is 5.75 Å². The molecule has 2 aromatic carbocycles. The molecule has 6 heteroatoms. The van der Waals surface area contributed by atoms with Gasteiger partial charge in [-0.25, -0.2) is 0 Å². The molecule has 0 radical (unpaired) electrons. The minimum absolute atomic E-state index is 0.000587. The van der Waals surface area contributed by atoms with Gasteiger partial charge in [-0.3, -0.25) is 9.69 Å². The Bertz CT molecular complexity index is 843. The topological polar surface area (TPSA) is 65.0 Å². The molecule has 2 N–H and O–H groups in total. The molecule has 0 aromatic heterocycles. The molecule has 0 spiro atoms. The van der Waals surface area contributed by atoms with Gasteiger partial charge in [-0.1, -0.05) is 42.5 Å². The molecular weight excluding hydrogens is 366 g/mol. The number of carbonyl (C=O) groups is 1. The number of hydrogen-bond acceptors (Lipinski definition) is 5. The van der Waals surface area contributed by atoms with Crippen LogP contribution in [0.2, 0.25) is 0 Å². The van der Waals surface area contributed by atoms with Crippen LogP contribution in [0.4, 0.5) is 5.69 Å². The molecule has 0 saturated carbocycles. The molecule has 6 nitrogen and oxygen atoms in total. The minimum atomic E-state index is -0.275. The van der Waals surface area contributed by atoms with Gasteiger partial charge in [-0.2, -0.15) is 0 Å². The number of para-hydroxylation sites is 1. The van der Waals surface area contributed by atoms with E-state index in [1.165, 1.54) is 5.56 Å². The summed E-state index contributed by atoms with van der Waals surface area (Å²) < 4.78 is 5.90. The number of hydrogen-bond donors (Lipinski definition) is 2. The van der Waals surface area contributed by atoms with E-state index in [0.29, 0.717) is 13.1 Å². The fourth-order valence-corrected chi connectivity index (χ4v) is 4.19. The molecule has 1 amide bonds. The van der Waals surface area contributed by atoms with Gasteiger partial charge in [-0.15, -0.1) is 0 Å². The lowest BCUT2D eigenvalue weighted by atomic mass is 10.0. The summed E-state index contributed by atoms with van der Waals surface area (Å²) in [6, 6.07) is 16.0. The maximum atomic E-state index is 13.0. The maximum Gasteiger partial charge on any atom is 0.260 e. The van der Waals surface area contributed by atoms with Crippen molar-refractivity contribution in [2.75, 3.05) is 45.2 Å². The Morgan fingerprint density at radius 2 is 2.10 bits per heavy atom. The van der Waals surface area contributed by atoms with E-state index in [0.717, 1.165) is 42.9 Å². The highest BCUT2D eigenvalue weighted by Gasteiger charge is 2.28. The fraction of sp³-hybridized carbons (Fsp3) is 0.435. The first-order valence-electron chi connectivity index (χ1n) is 10.3. The van der Waals surface area contributed by atoms with Gasteiger partial charge in [0.25, 0.3) is 5.91 Å². The second-order valence-electron chi connectivity index (χ2n) is 7.89. The van der Waals surface area contributed by atoms with Gasteiger partial charge < -0.3 is 20.1 Å². The summed E-state index contributed by atoms with van der Waals surface area (Å²) in [6.45, 7) is 3.11. The van der Waals surface area contributed by atoms with Gasteiger partial charge in [0.15, 0.2) is 6.61 Å². The first kappa shape index (κ1) is 19.7. The fourth-order valence-electron chi connectivity index (χ4n) is 4.19. The third-order valence-electron chi connectivity index (χ3n) is 5.88. The Balaban J connectivity index is 1.44. The number of β-amino-alcohol motifs (C(OH)–C–C–N with tert-alkyl or cyclic N) is 1. The average molecular weight is 396 g/mol. The zero-order valence-electron chi connectivity index (χ0n) is 16.9. The Morgan fingerprint density at radius 3 is 2.86 bits per heavy atom. The quantitative estimate of drug-likeness (QED) is 0.753. The van der Waals surface area contributed by atoms with E-state index in [-0.39, 0.29) is 24.7 Å². The van der Waals surface area contributed by atoms with Crippen molar-refractivity contribution in [3.05, 3.63) is 59.7 Å². The highest BCUT2D eigenvalue weighted by Crippen LogP contribution is 2.32. The number of rotatable bonds is 7. The number of aliphatic hydroxyl groups excluding tert-OH is 1. The van der Waals surface area contributed by atoms with Crippen LogP contribution in [0.25, 0.3) is 0 Å². The first-order valence-corrected chi connectivity index (χ1v) is 10.3. The molecule has 0 unspecified atom stereocenters. The summed E-state index contributed by atoms with van der Waals surface area (Å²) in [6.07, 6.45) is 1.50. The van der Waals surface area contributed by atoms with Crippen molar-refractivity contribution >= 4 is 11.6 Å². The molecule has 1 saturated heterocycles.